The number of halogens is 3. The van der Waals surface area contributed by atoms with Crippen LogP contribution in [0, 0.1) is 18.8 Å². The number of hydrogen-bond acceptors (Lipinski definition) is 7. The van der Waals surface area contributed by atoms with E-state index in [0.717, 1.165) is 12.0 Å². The second-order valence-corrected chi connectivity index (χ2v) is 12.5. The highest BCUT2D eigenvalue weighted by atomic mass is 32.2. The summed E-state index contributed by atoms with van der Waals surface area (Å²) in [5.74, 6) is -0.258. The van der Waals surface area contributed by atoms with E-state index >= 15 is 0 Å². The summed E-state index contributed by atoms with van der Waals surface area (Å²) in [7, 11) is -3.97. The molecule has 9 nitrogen and oxygen atoms in total. The summed E-state index contributed by atoms with van der Waals surface area (Å²) < 4.78 is 75.2. The van der Waals surface area contributed by atoms with Gasteiger partial charge in [-0.3, -0.25) is 4.79 Å². The molecule has 3 N–H and O–H groups in total. The number of sulfonamides is 1. The smallest absolute Gasteiger partial charge is 0.433 e. The van der Waals surface area contributed by atoms with Crippen LogP contribution in [0.15, 0.2) is 23.1 Å². The van der Waals surface area contributed by atoms with Crippen LogP contribution in [0.25, 0.3) is 0 Å². The number of aryl methyl sites for hydroxylation is 1. The van der Waals surface area contributed by atoms with Crippen LogP contribution in [0.5, 0.6) is 5.75 Å². The number of rotatable bonds is 7. The van der Waals surface area contributed by atoms with Crippen LogP contribution in [0.3, 0.4) is 0 Å². The number of aromatic nitrogens is 2. The Morgan fingerprint density at radius 3 is 2.72 bits per heavy atom. The predicted molar refractivity (Wildman–Crippen MR) is 136 cm³/mol. The average molecular weight is 568 g/mol. The summed E-state index contributed by atoms with van der Waals surface area (Å²) in [6, 6.07) is 3.69. The molecule has 2 aromatic rings. The molecule has 1 aromatic heterocycles. The number of likely N-dealkylation sites (tertiary alicyclic amines) is 1. The highest BCUT2D eigenvalue weighted by Gasteiger charge is 2.45. The fourth-order valence-corrected chi connectivity index (χ4v) is 6.90. The van der Waals surface area contributed by atoms with Crippen LogP contribution in [-0.4, -0.2) is 54.4 Å². The third-order valence-electron chi connectivity index (χ3n) is 7.97. The average Bonchev–Trinajstić information content (AvgIpc) is 3.44. The van der Waals surface area contributed by atoms with E-state index in [1.54, 1.807) is 11.0 Å². The molecular formula is C26H32F3N5O4S. The molecule has 1 saturated heterocycles. The number of ether oxygens (including phenoxy) is 1. The van der Waals surface area contributed by atoms with Crippen molar-refractivity contribution in [3.05, 3.63) is 40.7 Å². The van der Waals surface area contributed by atoms with E-state index in [4.69, 9.17) is 10.5 Å². The molecule has 1 saturated carbocycles. The normalized spacial score (nSPS) is 25.3. The minimum Gasteiger partial charge on any atom is -0.493 e. The quantitative estimate of drug-likeness (QED) is 0.526. The van der Waals surface area contributed by atoms with Gasteiger partial charge in [-0.2, -0.15) is 17.9 Å². The van der Waals surface area contributed by atoms with E-state index in [9.17, 15) is 26.4 Å². The fraction of sp³-hybridized carbons (Fsp3) is 0.577. The standard InChI is InChI=1S/C26H32F3N5O4S/c1-14-4-3-5-21(33-39(36,37)19-7-6-16-8-9-38-22(16)12-19)24(35)34(14)13-18-10-17(18)11-20-15(2)31-25(30)32-23(20)26(27,28)29/h6-7,12,14,17-18,21,33H,3-5,8-11,13H2,1-2H3,(H2,30,31,32). The van der Waals surface area contributed by atoms with Gasteiger partial charge >= 0.3 is 6.18 Å². The number of benzene rings is 1. The number of carbonyl (C=O) groups excluding carboxylic acids is 1. The van der Waals surface area contributed by atoms with Crippen LogP contribution >= 0.6 is 0 Å². The van der Waals surface area contributed by atoms with E-state index < -0.39 is 33.9 Å². The zero-order valence-electron chi connectivity index (χ0n) is 21.8. The van der Waals surface area contributed by atoms with E-state index in [2.05, 4.69) is 14.7 Å². The third-order valence-corrected chi connectivity index (χ3v) is 9.44. The lowest BCUT2D eigenvalue weighted by molar-refractivity contribution is -0.141. The molecule has 2 fully saturated rings. The van der Waals surface area contributed by atoms with Gasteiger partial charge < -0.3 is 15.4 Å². The van der Waals surface area contributed by atoms with Gasteiger partial charge in [-0.15, -0.1) is 0 Å². The van der Waals surface area contributed by atoms with Crippen molar-refractivity contribution in [3.63, 3.8) is 0 Å². The number of nitrogens with two attached hydrogens (primary N) is 1. The zero-order valence-corrected chi connectivity index (χ0v) is 22.6. The molecule has 0 spiro atoms. The summed E-state index contributed by atoms with van der Waals surface area (Å²) >= 11 is 0. The van der Waals surface area contributed by atoms with Gasteiger partial charge in [-0.25, -0.2) is 18.4 Å². The minimum absolute atomic E-state index is 0.00125. The van der Waals surface area contributed by atoms with Gasteiger partial charge in [0.1, 0.15) is 11.8 Å². The number of fused-ring (bicyclic) bond motifs is 1. The molecule has 3 heterocycles. The monoisotopic (exact) mass is 567 g/mol. The summed E-state index contributed by atoms with van der Waals surface area (Å²) in [4.78, 5) is 22.7. The second kappa shape index (κ2) is 10.2. The highest BCUT2D eigenvalue weighted by Crippen LogP contribution is 2.44. The van der Waals surface area contributed by atoms with Gasteiger partial charge in [0.2, 0.25) is 21.9 Å². The molecule has 1 aliphatic carbocycles. The van der Waals surface area contributed by atoms with Crippen molar-refractivity contribution in [2.24, 2.45) is 11.8 Å². The molecule has 5 rings (SSSR count). The van der Waals surface area contributed by atoms with Gasteiger partial charge in [-0.1, -0.05) is 6.07 Å². The summed E-state index contributed by atoms with van der Waals surface area (Å²) in [6.45, 7) is 4.27. The van der Waals surface area contributed by atoms with Crippen LogP contribution in [-0.2, 0) is 33.8 Å². The molecule has 0 radical (unpaired) electrons. The number of nitrogens with one attached hydrogen (secondary N) is 1. The lowest BCUT2D eigenvalue weighted by atomic mass is 10.0. The lowest BCUT2D eigenvalue weighted by Gasteiger charge is -2.30. The molecule has 212 valence electrons. The Labute approximate surface area is 225 Å². The van der Waals surface area contributed by atoms with Crippen LogP contribution in [0.1, 0.15) is 55.1 Å². The SMILES string of the molecule is Cc1nc(N)nc(C(F)(F)F)c1CC1CC1CN1C(=O)C(NS(=O)(=O)c2ccc3c(c2)OCC3)CCCC1C. The van der Waals surface area contributed by atoms with Crippen molar-refractivity contribution in [2.45, 2.75) is 75.5 Å². The maximum atomic E-state index is 13.6. The number of nitrogens with zero attached hydrogens (tertiary/aromatic N) is 3. The number of nitrogen functional groups attached to an aromatic ring is 1. The van der Waals surface area contributed by atoms with Crippen molar-refractivity contribution in [1.29, 1.82) is 0 Å². The fourth-order valence-electron chi connectivity index (χ4n) is 5.66. The molecule has 1 amide bonds. The van der Waals surface area contributed by atoms with E-state index in [1.807, 2.05) is 6.92 Å². The van der Waals surface area contributed by atoms with Crippen molar-refractivity contribution in [3.8, 4) is 5.75 Å². The first-order chi connectivity index (χ1) is 18.3. The number of amides is 1. The molecule has 4 atom stereocenters. The first-order valence-corrected chi connectivity index (χ1v) is 14.6. The molecular weight excluding hydrogens is 535 g/mol. The molecule has 1 aromatic carbocycles. The molecule has 3 aliphatic rings. The molecule has 4 unspecified atom stereocenters. The number of hydrogen-bond donors (Lipinski definition) is 2. The maximum absolute atomic E-state index is 13.6. The Balaban J connectivity index is 1.27. The topological polar surface area (TPSA) is 128 Å². The Kier molecular flexibility index (Phi) is 7.25. The van der Waals surface area contributed by atoms with E-state index in [0.29, 0.717) is 44.6 Å². The summed E-state index contributed by atoms with van der Waals surface area (Å²) in [5.41, 5.74) is 5.63. The number of anilines is 1. The predicted octanol–water partition coefficient (Wildman–Crippen LogP) is 3.25. The van der Waals surface area contributed by atoms with Crippen molar-refractivity contribution in [1.82, 2.24) is 19.6 Å². The third kappa shape index (κ3) is 5.84. The van der Waals surface area contributed by atoms with Crippen molar-refractivity contribution < 1.29 is 31.1 Å². The lowest BCUT2D eigenvalue weighted by Crippen LogP contribution is -2.50. The minimum atomic E-state index is -4.65. The maximum Gasteiger partial charge on any atom is 0.433 e. The van der Waals surface area contributed by atoms with Gasteiger partial charge in [0.05, 0.1) is 11.5 Å². The Hall–Kier alpha value is -2.93. The van der Waals surface area contributed by atoms with Crippen LogP contribution in [0.4, 0.5) is 19.1 Å². The Bertz CT molecular complexity index is 1380. The van der Waals surface area contributed by atoms with Gasteiger partial charge in [-0.05, 0) is 69.4 Å². The summed E-state index contributed by atoms with van der Waals surface area (Å²) in [5, 5.41) is 0. The van der Waals surface area contributed by atoms with Crippen LogP contribution < -0.4 is 15.2 Å². The highest BCUT2D eigenvalue weighted by molar-refractivity contribution is 7.89. The Morgan fingerprint density at radius 2 is 1.97 bits per heavy atom. The first-order valence-electron chi connectivity index (χ1n) is 13.1. The van der Waals surface area contributed by atoms with Crippen LogP contribution in [0.2, 0.25) is 0 Å². The molecule has 0 bridgehead atoms. The van der Waals surface area contributed by atoms with E-state index in [1.165, 1.54) is 19.1 Å². The van der Waals surface area contributed by atoms with Crippen molar-refractivity contribution in [2.75, 3.05) is 18.9 Å². The van der Waals surface area contributed by atoms with E-state index in [-0.39, 0.29) is 46.4 Å². The molecule has 2 aliphatic heterocycles. The van der Waals surface area contributed by atoms with Gasteiger partial charge in [0.15, 0.2) is 5.69 Å². The second-order valence-electron chi connectivity index (χ2n) is 10.8. The largest absolute Gasteiger partial charge is 0.493 e. The van der Waals surface area contributed by atoms with Gasteiger partial charge in [0, 0.05) is 36.3 Å². The molecule has 13 heteroatoms. The first kappa shape index (κ1) is 27.6. The van der Waals surface area contributed by atoms with Crippen molar-refractivity contribution >= 4 is 21.9 Å². The summed E-state index contributed by atoms with van der Waals surface area (Å²) in [6.07, 6.45) is -1.40. The molecule has 39 heavy (non-hydrogen) atoms. The Morgan fingerprint density at radius 1 is 1.21 bits per heavy atom. The number of alkyl halides is 3. The zero-order chi connectivity index (χ0) is 28.1. The number of carbonyl (C=O) groups is 1. The van der Waals surface area contributed by atoms with Gasteiger partial charge in [0.25, 0.3) is 0 Å².